The van der Waals surface area contributed by atoms with Gasteiger partial charge in [0.2, 0.25) is 18.3 Å². The molecule has 1 N–H and O–H groups in total. The van der Waals surface area contributed by atoms with Crippen molar-refractivity contribution in [2.75, 3.05) is 35.2 Å². The molecule has 1 heterocycles. The molecule has 30 heavy (non-hydrogen) atoms. The predicted octanol–water partition coefficient (Wildman–Crippen LogP) is 3.98. The Kier molecular flexibility index (Phi) is 5.32. The molecule has 7 nitrogen and oxygen atoms in total. The normalized spacial score (nSPS) is 21.8. The minimum absolute atomic E-state index is 0.000990. The van der Waals surface area contributed by atoms with E-state index < -0.39 is 6.10 Å². The first kappa shape index (κ1) is 20.5. The van der Waals surface area contributed by atoms with Crippen LogP contribution in [0, 0.1) is 11.8 Å². The smallest absolute Gasteiger partial charge is 0.231 e. The van der Waals surface area contributed by atoms with Gasteiger partial charge in [0.05, 0.1) is 34.5 Å². The van der Waals surface area contributed by atoms with Gasteiger partial charge in [0.25, 0.3) is 0 Å². The van der Waals surface area contributed by atoms with Crippen LogP contribution < -0.4 is 28.4 Å². The third kappa shape index (κ3) is 2.91. The topological polar surface area (TPSA) is 75.6 Å². The summed E-state index contributed by atoms with van der Waals surface area (Å²) in [4.78, 5) is 0. The van der Waals surface area contributed by atoms with Crippen LogP contribution >= 0.6 is 0 Å². The second-order valence-corrected chi connectivity index (χ2v) is 7.77. The Morgan fingerprint density at radius 2 is 1.57 bits per heavy atom. The van der Waals surface area contributed by atoms with E-state index in [9.17, 15) is 5.11 Å². The number of fused-ring (bicyclic) bond motifs is 4. The van der Waals surface area contributed by atoms with E-state index in [1.54, 1.807) is 28.4 Å². The van der Waals surface area contributed by atoms with Gasteiger partial charge in [0.1, 0.15) is 0 Å². The largest absolute Gasteiger partial charge is 0.493 e. The maximum absolute atomic E-state index is 11.3. The molecule has 3 atom stereocenters. The molecule has 0 saturated heterocycles. The fourth-order valence-corrected chi connectivity index (χ4v) is 4.49. The second kappa shape index (κ2) is 7.80. The zero-order chi connectivity index (χ0) is 21.6. The third-order valence-corrected chi connectivity index (χ3v) is 6.27. The highest BCUT2D eigenvalue weighted by molar-refractivity contribution is 5.88. The van der Waals surface area contributed by atoms with Gasteiger partial charge in [0, 0.05) is 11.1 Å². The van der Waals surface area contributed by atoms with Crippen LogP contribution in [0.25, 0.3) is 11.1 Å². The number of aliphatic hydroxyl groups excluding tert-OH is 1. The van der Waals surface area contributed by atoms with Crippen LogP contribution in [0.4, 0.5) is 0 Å². The van der Waals surface area contributed by atoms with Crippen molar-refractivity contribution in [3.05, 3.63) is 23.3 Å². The van der Waals surface area contributed by atoms with E-state index in [1.807, 2.05) is 12.1 Å². The van der Waals surface area contributed by atoms with Crippen LogP contribution in [0.5, 0.6) is 34.5 Å². The lowest BCUT2D eigenvalue weighted by molar-refractivity contribution is 0.0864. The van der Waals surface area contributed by atoms with Gasteiger partial charge in [-0.3, -0.25) is 0 Å². The van der Waals surface area contributed by atoms with E-state index in [0.717, 1.165) is 23.1 Å². The summed E-state index contributed by atoms with van der Waals surface area (Å²) >= 11 is 0. The number of aliphatic hydroxyl groups is 1. The van der Waals surface area contributed by atoms with E-state index in [2.05, 4.69) is 13.8 Å². The van der Waals surface area contributed by atoms with Crippen LogP contribution in [-0.4, -0.2) is 40.3 Å². The van der Waals surface area contributed by atoms with Crippen LogP contribution in [-0.2, 0) is 6.42 Å². The van der Waals surface area contributed by atoms with Crippen molar-refractivity contribution in [2.24, 2.45) is 11.8 Å². The molecule has 1 aliphatic carbocycles. The van der Waals surface area contributed by atoms with Crippen LogP contribution in [0.2, 0.25) is 0 Å². The summed E-state index contributed by atoms with van der Waals surface area (Å²) in [5, 5.41) is 11.3. The van der Waals surface area contributed by atoms with Crippen LogP contribution in [0.15, 0.2) is 12.1 Å². The summed E-state index contributed by atoms with van der Waals surface area (Å²) in [5.41, 5.74) is 3.26. The maximum Gasteiger partial charge on any atom is 0.231 e. The quantitative estimate of drug-likeness (QED) is 0.808. The Morgan fingerprint density at radius 3 is 2.20 bits per heavy atom. The Bertz CT molecular complexity index is 969. The van der Waals surface area contributed by atoms with Gasteiger partial charge in [-0.15, -0.1) is 0 Å². The van der Waals surface area contributed by atoms with Crippen molar-refractivity contribution in [3.8, 4) is 45.6 Å². The first-order valence-electron chi connectivity index (χ1n) is 9.97. The van der Waals surface area contributed by atoms with Gasteiger partial charge in [0.15, 0.2) is 23.0 Å². The zero-order valence-corrected chi connectivity index (χ0v) is 18.2. The van der Waals surface area contributed by atoms with Gasteiger partial charge in [-0.1, -0.05) is 13.8 Å². The van der Waals surface area contributed by atoms with Crippen molar-refractivity contribution in [1.82, 2.24) is 0 Å². The monoisotopic (exact) mass is 416 g/mol. The maximum atomic E-state index is 11.3. The summed E-state index contributed by atoms with van der Waals surface area (Å²) in [6.45, 7) is 4.29. The standard InChI is InChI=1S/C23H28O7/c1-11-7-13-8-15(25-3)20(26-4)22(27-5)17(13)18-14(19(24)12(11)2)9-16-21(23(18)28-6)30-10-29-16/h8-9,11-12,19,24H,7,10H2,1-6H3. The van der Waals surface area contributed by atoms with Gasteiger partial charge < -0.3 is 33.5 Å². The molecule has 0 aromatic heterocycles. The molecule has 7 heteroatoms. The molecule has 2 aromatic rings. The fraction of sp³-hybridized carbons (Fsp3) is 0.478. The molecule has 4 rings (SSSR count). The Hall–Kier alpha value is -2.80. The lowest BCUT2D eigenvalue weighted by atomic mass is 9.76. The summed E-state index contributed by atoms with van der Waals surface area (Å²) in [7, 11) is 6.36. The van der Waals surface area contributed by atoms with E-state index in [4.69, 9.17) is 28.4 Å². The first-order valence-corrected chi connectivity index (χ1v) is 9.97. The van der Waals surface area contributed by atoms with E-state index in [0.29, 0.717) is 40.1 Å². The summed E-state index contributed by atoms with van der Waals surface area (Å²) in [6.07, 6.45) is 0.00533. The van der Waals surface area contributed by atoms with Crippen molar-refractivity contribution >= 4 is 0 Å². The lowest BCUT2D eigenvalue weighted by Crippen LogP contribution is -2.22. The number of ether oxygens (including phenoxy) is 6. The Balaban J connectivity index is 2.16. The second-order valence-electron chi connectivity index (χ2n) is 7.77. The SMILES string of the molecule is COc1cc2c(c(OC)c1OC)-c1c(cc3c(c1OC)OCO3)C(O)C(C)C(C)C2. The number of methoxy groups -OCH3 is 4. The Labute approximate surface area is 176 Å². The van der Waals surface area contributed by atoms with E-state index in [-0.39, 0.29) is 18.6 Å². The number of rotatable bonds is 4. The molecule has 2 aromatic carbocycles. The predicted molar refractivity (Wildman–Crippen MR) is 111 cm³/mol. The molecule has 0 spiro atoms. The minimum atomic E-state index is -0.718. The molecule has 3 unspecified atom stereocenters. The average molecular weight is 416 g/mol. The number of hydrogen-bond donors (Lipinski definition) is 1. The van der Waals surface area contributed by atoms with Crippen LogP contribution in [0.1, 0.15) is 31.1 Å². The van der Waals surface area contributed by atoms with Crippen molar-refractivity contribution < 1.29 is 33.5 Å². The third-order valence-electron chi connectivity index (χ3n) is 6.27. The highest BCUT2D eigenvalue weighted by atomic mass is 16.7. The molecule has 2 aliphatic rings. The molecule has 0 saturated carbocycles. The van der Waals surface area contributed by atoms with Crippen molar-refractivity contribution in [3.63, 3.8) is 0 Å². The highest BCUT2D eigenvalue weighted by Crippen LogP contribution is 2.58. The van der Waals surface area contributed by atoms with Gasteiger partial charge >= 0.3 is 0 Å². The van der Waals surface area contributed by atoms with Crippen molar-refractivity contribution in [1.29, 1.82) is 0 Å². The number of benzene rings is 2. The molecule has 0 fully saturated rings. The lowest BCUT2D eigenvalue weighted by Gasteiger charge is -2.33. The van der Waals surface area contributed by atoms with E-state index in [1.165, 1.54) is 0 Å². The van der Waals surface area contributed by atoms with Gasteiger partial charge in [-0.05, 0) is 41.5 Å². The molecule has 0 bridgehead atoms. The van der Waals surface area contributed by atoms with Gasteiger partial charge in [-0.25, -0.2) is 0 Å². The Morgan fingerprint density at radius 1 is 0.867 bits per heavy atom. The fourth-order valence-electron chi connectivity index (χ4n) is 4.49. The molecular weight excluding hydrogens is 388 g/mol. The van der Waals surface area contributed by atoms with Crippen LogP contribution in [0.3, 0.4) is 0 Å². The number of hydrogen-bond acceptors (Lipinski definition) is 7. The summed E-state index contributed by atoms with van der Waals surface area (Å²) in [6, 6.07) is 3.82. The molecular formula is C23H28O7. The van der Waals surface area contributed by atoms with E-state index >= 15 is 0 Å². The average Bonchev–Trinajstić information content (AvgIpc) is 3.23. The highest BCUT2D eigenvalue weighted by Gasteiger charge is 2.37. The first-order chi connectivity index (χ1) is 14.5. The molecule has 0 radical (unpaired) electrons. The molecule has 1 aliphatic heterocycles. The zero-order valence-electron chi connectivity index (χ0n) is 18.2. The summed E-state index contributed by atoms with van der Waals surface area (Å²) < 4.78 is 34.2. The molecule has 162 valence electrons. The minimum Gasteiger partial charge on any atom is -0.493 e. The molecule has 0 amide bonds. The van der Waals surface area contributed by atoms with Crippen molar-refractivity contribution in [2.45, 2.75) is 26.4 Å². The van der Waals surface area contributed by atoms with Gasteiger partial charge in [-0.2, -0.15) is 0 Å². The summed E-state index contributed by atoms with van der Waals surface area (Å²) in [5.74, 6) is 3.40.